The molecule has 0 bridgehead atoms. The van der Waals surface area contributed by atoms with E-state index < -0.39 is 0 Å². The largest absolute Gasteiger partial charge is 0.369 e. The summed E-state index contributed by atoms with van der Waals surface area (Å²) in [6.07, 6.45) is 4.48. The van der Waals surface area contributed by atoms with Crippen molar-refractivity contribution in [1.29, 1.82) is 0 Å². The molecule has 1 rings (SSSR count). The lowest BCUT2D eigenvalue weighted by Crippen LogP contribution is -2.01. The summed E-state index contributed by atoms with van der Waals surface area (Å²) >= 11 is 3.21. The number of hydrogen-bond donors (Lipinski definition) is 1. The number of nitrogens with zero attached hydrogens (tertiary/aromatic N) is 2. The molecule has 0 aliphatic carbocycles. The van der Waals surface area contributed by atoms with Gasteiger partial charge in [-0.3, -0.25) is 0 Å². The van der Waals surface area contributed by atoms with Crippen LogP contribution in [0, 0.1) is 0 Å². The van der Waals surface area contributed by atoms with E-state index in [9.17, 15) is 0 Å². The number of hydrogen-bond acceptors (Lipinski definition) is 3. The summed E-state index contributed by atoms with van der Waals surface area (Å²) in [5.74, 6) is 0.829. The van der Waals surface area contributed by atoms with Crippen molar-refractivity contribution in [2.24, 2.45) is 0 Å². The van der Waals surface area contributed by atoms with Crippen LogP contribution in [0.5, 0.6) is 0 Å². The van der Waals surface area contributed by atoms with Crippen LogP contribution in [-0.2, 0) is 0 Å². The van der Waals surface area contributed by atoms with Crippen LogP contribution in [0.25, 0.3) is 0 Å². The number of anilines is 1. The van der Waals surface area contributed by atoms with Gasteiger partial charge in [0.1, 0.15) is 10.4 Å². The van der Waals surface area contributed by atoms with Crippen LogP contribution in [0.15, 0.2) is 17.0 Å². The molecular weight excluding hydrogens is 206 g/mol. The molecule has 60 valence electrons. The van der Waals surface area contributed by atoms with Crippen molar-refractivity contribution in [3.8, 4) is 0 Å². The first-order valence-electron chi connectivity index (χ1n) is 3.54. The molecule has 0 aromatic carbocycles. The van der Waals surface area contributed by atoms with Gasteiger partial charge in [0.25, 0.3) is 0 Å². The fourth-order valence-corrected chi connectivity index (χ4v) is 0.861. The third-order valence-corrected chi connectivity index (χ3v) is 1.59. The summed E-state index contributed by atoms with van der Waals surface area (Å²) in [5.41, 5.74) is 0. The zero-order chi connectivity index (χ0) is 8.10. The molecule has 0 unspecified atom stereocenters. The van der Waals surface area contributed by atoms with E-state index in [1.165, 1.54) is 0 Å². The Balaban J connectivity index is 2.52. The maximum Gasteiger partial charge on any atom is 0.144 e. The molecule has 11 heavy (non-hydrogen) atoms. The second-order valence-electron chi connectivity index (χ2n) is 2.15. The monoisotopic (exact) mass is 215 g/mol. The Hall–Kier alpha value is -0.640. The van der Waals surface area contributed by atoms with E-state index in [1.807, 2.05) is 0 Å². The number of halogens is 1. The van der Waals surface area contributed by atoms with E-state index >= 15 is 0 Å². The van der Waals surface area contributed by atoms with Gasteiger partial charge in [-0.2, -0.15) is 0 Å². The average Bonchev–Trinajstić information content (AvgIpc) is 2.04. The molecule has 0 amide bonds. The van der Waals surface area contributed by atoms with Crippen molar-refractivity contribution in [3.05, 3.63) is 17.0 Å². The molecule has 0 radical (unpaired) electrons. The topological polar surface area (TPSA) is 37.8 Å². The maximum atomic E-state index is 4.10. The van der Waals surface area contributed by atoms with Gasteiger partial charge < -0.3 is 5.32 Å². The maximum absolute atomic E-state index is 4.10. The Labute approximate surface area is 74.4 Å². The van der Waals surface area contributed by atoms with Crippen LogP contribution in [0.3, 0.4) is 0 Å². The van der Waals surface area contributed by atoms with E-state index in [2.05, 4.69) is 38.1 Å². The number of nitrogens with one attached hydrogen (secondary N) is 1. The highest BCUT2D eigenvalue weighted by molar-refractivity contribution is 9.10. The lowest BCUT2D eigenvalue weighted by atomic mass is 10.5. The normalized spacial score (nSPS) is 9.64. The third-order valence-electron chi connectivity index (χ3n) is 1.18. The van der Waals surface area contributed by atoms with Crippen molar-refractivity contribution >= 4 is 21.7 Å². The summed E-state index contributed by atoms with van der Waals surface area (Å²) in [5, 5.41) is 3.13. The fourth-order valence-electron chi connectivity index (χ4n) is 0.657. The molecule has 1 aromatic heterocycles. The standard InChI is InChI=1S/C7H10BrN3/c1-2-3-9-7-5-10-6(8)4-11-7/h4-5H,2-3H2,1H3,(H,9,11). The number of rotatable bonds is 3. The predicted octanol–water partition coefficient (Wildman–Crippen LogP) is 2.06. The van der Waals surface area contributed by atoms with Gasteiger partial charge >= 0.3 is 0 Å². The summed E-state index contributed by atoms with van der Waals surface area (Å²) in [4.78, 5) is 8.12. The first-order valence-corrected chi connectivity index (χ1v) is 4.33. The minimum atomic E-state index is 0.763. The van der Waals surface area contributed by atoms with Gasteiger partial charge in [0.2, 0.25) is 0 Å². The van der Waals surface area contributed by atoms with E-state index in [4.69, 9.17) is 0 Å². The molecule has 0 saturated carbocycles. The predicted molar refractivity (Wildman–Crippen MR) is 48.5 cm³/mol. The van der Waals surface area contributed by atoms with Crippen LogP contribution in [0.2, 0.25) is 0 Å². The van der Waals surface area contributed by atoms with Crippen LogP contribution < -0.4 is 5.32 Å². The van der Waals surface area contributed by atoms with E-state index in [0.717, 1.165) is 23.4 Å². The van der Waals surface area contributed by atoms with Crippen molar-refractivity contribution in [2.75, 3.05) is 11.9 Å². The second-order valence-corrected chi connectivity index (χ2v) is 2.96. The van der Waals surface area contributed by atoms with Crippen LogP contribution in [0.1, 0.15) is 13.3 Å². The molecule has 4 heteroatoms. The molecule has 1 N–H and O–H groups in total. The lowest BCUT2D eigenvalue weighted by molar-refractivity contribution is 0.963. The molecule has 0 aliphatic heterocycles. The van der Waals surface area contributed by atoms with Crippen molar-refractivity contribution in [1.82, 2.24) is 9.97 Å². The summed E-state index contributed by atoms with van der Waals surface area (Å²) in [7, 11) is 0. The minimum absolute atomic E-state index is 0.763. The zero-order valence-corrected chi connectivity index (χ0v) is 7.93. The van der Waals surface area contributed by atoms with Crippen LogP contribution in [-0.4, -0.2) is 16.5 Å². The highest BCUT2D eigenvalue weighted by Crippen LogP contribution is 2.05. The molecular formula is C7H10BrN3. The van der Waals surface area contributed by atoms with Gasteiger partial charge in [0.15, 0.2) is 0 Å². The van der Waals surface area contributed by atoms with E-state index in [-0.39, 0.29) is 0 Å². The highest BCUT2D eigenvalue weighted by Gasteiger charge is 1.91. The first kappa shape index (κ1) is 8.46. The van der Waals surface area contributed by atoms with E-state index in [1.54, 1.807) is 12.4 Å². The van der Waals surface area contributed by atoms with Crippen molar-refractivity contribution < 1.29 is 0 Å². The average molecular weight is 216 g/mol. The molecule has 1 heterocycles. The summed E-state index contributed by atoms with van der Waals surface area (Å²) in [6, 6.07) is 0. The Morgan fingerprint density at radius 2 is 2.27 bits per heavy atom. The van der Waals surface area contributed by atoms with E-state index in [0.29, 0.717) is 0 Å². The Bertz CT molecular complexity index is 209. The molecule has 0 fully saturated rings. The lowest BCUT2D eigenvalue weighted by Gasteiger charge is -2.01. The zero-order valence-electron chi connectivity index (χ0n) is 6.34. The van der Waals surface area contributed by atoms with Crippen LogP contribution >= 0.6 is 15.9 Å². The van der Waals surface area contributed by atoms with Crippen molar-refractivity contribution in [2.45, 2.75) is 13.3 Å². The third kappa shape index (κ3) is 2.84. The van der Waals surface area contributed by atoms with Gasteiger partial charge in [-0.25, -0.2) is 9.97 Å². The summed E-state index contributed by atoms with van der Waals surface area (Å²) < 4.78 is 0.763. The SMILES string of the molecule is CCCNc1cnc(Br)cn1. The molecule has 0 spiro atoms. The number of aromatic nitrogens is 2. The van der Waals surface area contributed by atoms with Crippen molar-refractivity contribution in [3.63, 3.8) is 0 Å². The Morgan fingerprint density at radius 3 is 2.82 bits per heavy atom. The van der Waals surface area contributed by atoms with Gasteiger partial charge in [-0.1, -0.05) is 6.92 Å². The first-order chi connectivity index (χ1) is 5.33. The smallest absolute Gasteiger partial charge is 0.144 e. The Morgan fingerprint density at radius 1 is 1.45 bits per heavy atom. The highest BCUT2D eigenvalue weighted by atomic mass is 79.9. The molecule has 0 aliphatic rings. The van der Waals surface area contributed by atoms with Crippen LogP contribution in [0.4, 0.5) is 5.82 Å². The molecule has 0 saturated heterocycles. The minimum Gasteiger partial charge on any atom is -0.369 e. The molecule has 0 atom stereocenters. The Kier molecular flexibility index (Phi) is 3.29. The quantitative estimate of drug-likeness (QED) is 0.840. The van der Waals surface area contributed by atoms with Gasteiger partial charge in [0.05, 0.1) is 12.4 Å². The summed E-state index contributed by atoms with van der Waals surface area (Å²) in [6.45, 7) is 3.05. The molecule has 3 nitrogen and oxygen atoms in total. The molecule has 1 aromatic rings. The van der Waals surface area contributed by atoms with Gasteiger partial charge in [0, 0.05) is 6.54 Å². The van der Waals surface area contributed by atoms with Gasteiger partial charge in [-0.05, 0) is 22.4 Å². The second kappa shape index (κ2) is 4.28. The van der Waals surface area contributed by atoms with Gasteiger partial charge in [-0.15, -0.1) is 0 Å². The fraction of sp³-hybridized carbons (Fsp3) is 0.429.